The Labute approximate surface area is 193 Å². The number of ether oxygens (including phenoxy) is 2. The van der Waals surface area contributed by atoms with Crippen molar-refractivity contribution in [2.75, 3.05) is 19.8 Å². The van der Waals surface area contributed by atoms with Crippen molar-refractivity contribution in [2.45, 2.75) is 38.5 Å². The first-order valence-corrected chi connectivity index (χ1v) is 11.2. The van der Waals surface area contributed by atoms with Crippen molar-refractivity contribution in [2.24, 2.45) is 0 Å². The van der Waals surface area contributed by atoms with E-state index in [4.69, 9.17) is 14.6 Å². The molecule has 0 aliphatic heterocycles. The number of aryl methyl sites for hydroxylation is 1. The first kappa shape index (κ1) is 23.2. The Morgan fingerprint density at radius 1 is 1.24 bits per heavy atom. The maximum Gasteiger partial charge on any atom is 0.227 e. The van der Waals surface area contributed by atoms with Crippen LogP contribution >= 0.6 is 0 Å². The summed E-state index contributed by atoms with van der Waals surface area (Å²) in [7, 11) is 0. The number of aliphatic hydroxyl groups is 1. The molecule has 3 aromatic rings. The van der Waals surface area contributed by atoms with Gasteiger partial charge < -0.3 is 14.6 Å². The smallest absolute Gasteiger partial charge is 0.227 e. The molecule has 0 spiro atoms. The van der Waals surface area contributed by atoms with Gasteiger partial charge in [-0.2, -0.15) is 5.10 Å². The quantitative estimate of drug-likeness (QED) is 0.321. The van der Waals surface area contributed by atoms with E-state index in [0.717, 1.165) is 29.8 Å². The summed E-state index contributed by atoms with van der Waals surface area (Å²) < 4.78 is 27.2. The van der Waals surface area contributed by atoms with E-state index < -0.39 is 6.10 Å². The molecule has 0 saturated heterocycles. The number of halogens is 1. The van der Waals surface area contributed by atoms with Crippen LogP contribution < -0.4 is 4.74 Å². The van der Waals surface area contributed by atoms with Crippen LogP contribution in [0.2, 0.25) is 0 Å². The molecule has 0 amide bonds. The molecule has 0 bridgehead atoms. The normalized spacial score (nSPS) is 14.4. The van der Waals surface area contributed by atoms with Crippen molar-refractivity contribution in [1.82, 2.24) is 14.7 Å². The molecule has 1 fully saturated rings. The highest BCUT2D eigenvalue weighted by molar-refractivity contribution is 5.43. The van der Waals surface area contributed by atoms with Crippen LogP contribution in [0.3, 0.4) is 0 Å². The Morgan fingerprint density at radius 3 is 2.73 bits per heavy atom. The van der Waals surface area contributed by atoms with Crippen LogP contribution in [0.25, 0.3) is 5.69 Å². The lowest BCUT2D eigenvalue weighted by Crippen LogP contribution is -2.36. The van der Waals surface area contributed by atoms with Crippen LogP contribution in [-0.2, 0) is 11.3 Å². The third-order valence-corrected chi connectivity index (χ3v) is 5.56. The SMILES string of the molecule is C=CCOCC(O)CN(Cc1c(C)nn(-c2ccccc2)c1Oc1cccc(F)c1)C1CC1. The summed E-state index contributed by atoms with van der Waals surface area (Å²) in [5.74, 6) is 0.593. The van der Waals surface area contributed by atoms with Gasteiger partial charge in [0.25, 0.3) is 0 Å². The van der Waals surface area contributed by atoms with Crippen molar-refractivity contribution in [3.63, 3.8) is 0 Å². The zero-order valence-corrected chi connectivity index (χ0v) is 18.9. The standard InChI is InChI=1S/C26H30FN3O3/c1-3-14-32-18-23(31)16-29(21-12-13-21)17-25-19(2)28-30(22-9-5-4-6-10-22)26(25)33-24-11-7-8-20(27)15-24/h3-11,15,21,23,31H,1,12-14,16-18H2,2H3. The van der Waals surface area contributed by atoms with Crippen molar-refractivity contribution in [1.29, 1.82) is 0 Å². The molecule has 1 aliphatic rings. The maximum atomic E-state index is 13.8. The van der Waals surface area contributed by atoms with Crippen LogP contribution in [0, 0.1) is 12.7 Å². The molecule has 33 heavy (non-hydrogen) atoms. The van der Waals surface area contributed by atoms with Gasteiger partial charge in [0.1, 0.15) is 11.6 Å². The fraction of sp³-hybridized carbons (Fsp3) is 0.346. The van der Waals surface area contributed by atoms with Crippen molar-refractivity contribution in [3.05, 3.63) is 84.3 Å². The van der Waals surface area contributed by atoms with E-state index in [-0.39, 0.29) is 12.4 Å². The highest BCUT2D eigenvalue weighted by Crippen LogP contribution is 2.35. The molecular weight excluding hydrogens is 421 g/mol. The summed E-state index contributed by atoms with van der Waals surface area (Å²) in [4.78, 5) is 2.25. The molecule has 174 valence electrons. The van der Waals surface area contributed by atoms with Crippen LogP contribution in [0.1, 0.15) is 24.1 Å². The maximum absolute atomic E-state index is 13.8. The molecule has 7 heteroatoms. The number of benzene rings is 2. The first-order valence-electron chi connectivity index (χ1n) is 11.2. The van der Waals surface area contributed by atoms with Gasteiger partial charge in [0, 0.05) is 25.2 Å². The van der Waals surface area contributed by atoms with E-state index in [0.29, 0.717) is 37.4 Å². The lowest BCUT2D eigenvalue weighted by Gasteiger charge is -2.25. The van der Waals surface area contributed by atoms with Gasteiger partial charge in [0.2, 0.25) is 5.88 Å². The number of hydrogen-bond acceptors (Lipinski definition) is 5. The van der Waals surface area contributed by atoms with Gasteiger partial charge in [0.05, 0.1) is 36.3 Å². The zero-order chi connectivity index (χ0) is 23.2. The molecule has 4 rings (SSSR count). The summed E-state index contributed by atoms with van der Waals surface area (Å²) >= 11 is 0. The topological polar surface area (TPSA) is 59.8 Å². The highest BCUT2D eigenvalue weighted by Gasteiger charge is 2.32. The molecule has 1 aromatic heterocycles. The molecule has 1 aliphatic carbocycles. The molecule has 6 nitrogen and oxygen atoms in total. The number of para-hydroxylation sites is 1. The van der Waals surface area contributed by atoms with Crippen LogP contribution in [-0.4, -0.2) is 51.7 Å². The minimum Gasteiger partial charge on any atom is -0.438 e. The van der Waals surface area contributed by atoms with Crippen LogP contribution in [0.5, 0.6) is 11.6 Å². The van der Waals surface area contributed by atoms with Gasteiger partial charge in [-0.25, -0.2) is 9.07 Å². The average molecular weight is 452 g/mol. The average Bonchev–Trinajstić information content (AvgIpc) is 3.61. The monoisotopic (exact) mass is 451 g/mol. The van der Waals surface area contributed by atoms with Gasteiger partial charge in [-0.15, -0.1) is 6.58 Å². The Morgan fingerprint density at radius 2 is 2.03 bits per heavy atom. The lowest BCUT2D eigenvalue weighted by molar-refractivity contribution is 0.0226. The third kappa shape index (κ3) is 6.07. The van der Waals surface area contributed by atoms with Gasteiger partial charge in [0.15, 0.2) is 0 Å². The lowest BCUT2D eigenvalue weighted by atomic mass is 10.2. The second kappa shape index (κ2) is 10.7. The molecule has 1 atom stereocenters. The second-order valence-corrected chi connectivity index (χ2v) is 8.32. The molecule has 1 saturated carbocycles. The molecule has 0 radical (unpaired) electrons. The van der Waals surface area contributed by atoms with E-state index in [1.807, 2.05) is 37.3 Å². The Balaban J connectivity index is 1.63. The molecule has 2 aromatic carbocycles. The fourth-order valence-electron chi connectivity index (χ4n) is 3.81. The van der Waals surface area contributed by atoms with Crippen molar-refractivity contribution >= 4 is 0 Å². The minimum atomic E-state index is -0.609. The Bertz CT molecular complexity index is 1070. The molecule has 1 unspecified atom stereocenters. The predicted octanol–water partition coefficient (Wildman–Crippen LogP) is 4.64. The second-order valence-electron chi connectivity index (χ2n) is 8.32. The van der Waals surface area contributed by atoms with Crippen molar-refractivity contribution in [3.8, 4) is 17.3 Å². The summed E-state index contributed by atoms with van der Waals surface area (Å²) in [6.45, 7) is 7.29. The zero-order valence-electron chi connectivity index (χ0n) is 18.9. The molecular formula is C26H30FN3O3. The van der Waals surface area contributed by atoms with Crippen molar-refractivity contribution < 1.29 is 19.0 Å². The number of aromatic nitrogens is 2. The Hall–Kier alpha value is -3.00. The highest BCUT2D eigenvalue weighted by atomic mass is 19.1. The number of nitrogens with zero attached hydrogens (tertiary/aromatic N) is 3. The van der Waals surface area contributed by atoms with Gasteiger partial charge in [-0.3, -0.25) is 4.90 Å². The fourth-order valence-corrected chi connectivity index (χ4v) is 3.81. The largest absolute Gasteiger partial charge is 0.438 e. The van der Waals surface area contributed by atoms with Gasteiger partial charge >= 0.3 is 0 Å². The molecule has 1 N–H and O–H groups in total. The number of rotatable bonds is 12. The Kier molecular flexibility index (Phi) is 7.54. The third-order valence-electron chi connectivity index (χ3n) is 5.56. The van der Waals surface area contributed by atoms with Crippen LogP contribution in [0.4, 0.5) is 4.39 Å². The summed E-state index contributed by atoms with van der Waals surface area (Å²) in [5, 5.41) is 15.2. The van der Waals surface area contributed by atoms with E-state index in [2.05, 4.69) is 11.5 Å². The van der Waals surface area contributed by atoms with E-state index in [9.17, 15) is 9.50 Å². The summed E-state index contributed by atoms with van der Waals surface area (Å²) in [6.07, 6.45) is 3.24. The van der Waals surface area contributed by atoms with Gasteiger partial charge in [-0.05, 0) is 44.0 Å². The van der Waals surface area contributed by atoms with E-state index >= 15 is 0 Å². The van der Waals surface area contributed by atoms with E-state index in [1.54, 1.807) is 22.9 Å². The van der Waals surface area contributed by atoms with Crippen LogP contribution in [0.15, 0.2) is 67.3 Å². The number of hydrogen-bond donors (Lipinski definition) is 1. The summed E-state index contributed by atoms with van der Waals surface area (Å²) in [5.41, 5.74) is 2.59. The minimum absolute atomic E-state index is 0.254. The number of aliphatic hydroxyl groups excluding tert-OH is 1. The first-order chi connectivity index (χ1) is 16.0. The van der Waals surface area contributed by atoms with E-state index in [1.165, 1.54) is 12.1 Å². The summed E-state index contributed by atoms with van der Waals surface area (Å²) in [6, 6.07) is 16.2. The predicted molar refractivity (Wildman–Crippen MR) is 125 cm³/mol. The molecule has 1 heterocycles. The van der Waals surface area contributed by atoms with Gasteiger partial charge in [-0.1, -0.05) is 30.3 Å².